The van der Waals surface area contributed by atoms with Crippen molar-refractivity contribution in [3.8, 4) is 5.75 Å². The maximum absolute atomic E-state index is 10.1. The van der Waals surface area contributed by atoms with Gasteiger partial charge in [-0.25, -0.2) is 4.57 Å². The number of hydrogen-bond acceptors (Lipinski definition) is 2. The predicted octanol–water partition coefficient (Wildman–Crippen LogP) is 5.98. The van der Waals surface area contributed by atoms with Crippen LogP contribution in [-0.2, 0) is 4.57 Å². The first-order valence-corrected chi connectivity index (χ1v) is 9.42. The molecule has 0 fully saturated rings. The van der Waals surface area contributed by atoms with Crippen LogP contribution in [-0.4, -0.2) is 4.89 Å². The molecule has 0 saturated heterocycles. The van der Waals surface area contributed by atoms with Gasteiger partial charge in [-0.1, -0.05) is 89.8 Å². The smallest absolute Gasteiger partial charge is 0.365 e. The van der Waals surface area contributed by atoms with Gasteiger partial charge in [-0.15, -0.1) is 0 Å². The van der Waals surface area contributed by atoms with Crippen molar-refractivity contribution in [2.24, 2.45) is 0 Å². The van der Waals surface area contributed by atoms with Crippen LogP contribution < -0.4 is 4.52 Å². The largest absolute Gasteiger partial charge is 0.426 e. The second-order valence-corrected chi connectivity index (χ2v) is 5.89. The van der Waals surface area contributed by atoms with E-state index in [-0.39, 0.29) is 0 Å². The molecule has 0 aliphatic carbocycles. The Balaban J connectivity index is 0.000000382. The summed E-state index contributed by atoms with van der Waals surface area (Å²) in [5, 5.41) is 0. The molecular weight excluding hydrogens is 283 g/mol. The summed E-state index contributed by atoms with van der Waals surface area (Å²) < 4.78 is 14.6. The Labute approximate surface area is 130 Å². The number of unbranched alkanes of at least 4 members (excludes halogenated alkanes) is 8. The molecule has 0 amide bonds. The zero-order valence-corrected chi connectivity index (χ0v) is 14.5. The lowest BCUT2D eigenvalue weighted by atomic mass is 10.1. The highest BCUT2D eigenvalue weighted by atomic mass is 31.1. The summed E-state index contributed by atoms with van der Waals surface area (Å²) in [7, 11) is -2.84. The van der Waals surface area contributed by atoms with Crippen LogP contribution in [0.25, 0.3) is 0 Å². The van der Waals surface area contributed by atoms with E-state index < -0.39 is 8.25 Å². The summed E-state index contributed by atoms with van der Waals surface area (Å²) in [6.07, 6.45) is 13.0. The van der Waals surface area contributed by atoms with E-state index in [9.17, 15) is 4.57 Å². The molecule has 0 bridgehead atoms. The van der Waals surface area contributed by atoms with Gasteiger partial charge < -0.3 is 9.42 Å². The summed E-state index contributed by atoms with van der Waals surface area (Å²) in [5.41, 5.74) is 0. The Hall–Kier alpha value is -0.790. The van der Waals surface area contributed by atoms with Crippen LogP contribution in [0, 0.1) is 0 Å². The lowest BCUT2D eigenvalue weighted by Gasteiger charge is -1.98. The lowest BCUT2D eigenvalue weighted by Crippen LogP contribution is -1.79. The van der Waals surface area contributed by atoms with Crippen LogP contribution in [0.3, 0.4) is 0 Å². The Morgan fingerprint density at radius 1 is 0.857 bits per heavy atom. The molecule has 1 atom stereocenters. The van der Waals surface area contributed by atoms with Gasteiger partial charge in [0.1, 0.15) is 5.75 Å². The third-order valence-corrected chi connectivity index (χ3v) is 3.57. The molecule has 0 aliphatic rings. The van der Waals surface area contributed by atoms with Crippen molar-refractivity contribution in [2.75, 3.05) is 0 Å². The van der Waals surface area contributed by atoms with Gasteiger partial charge >= 0.3 is 8.25 Å². The van der Waals surface area contributed by atoms with Crippen molar-refractivity contribution < 1.29 is 14.0 Å². The van der Waals surface area contributed by atoms with E-state index in [0.717, 1.165) is 0 Å². The molecular formula is C17H31O3P. The maximum atomic E-state index is 10.1. The Bertz CT molecular complexity index is 333. The number of benzene rings is 1. The summed E-state index contributed by atoms with van der Waals surface area (Å²) in [6, 6.07) is 8.53. The minimum absolute atomic E-state index is 0.425. The highest BCUT2D eigenvalue weighted by molar-refractivity contribution is 7.32. The molecule has 1 N–H and O–H groups in total. The van der Waals surface area contributed by atoms with Crippen molar-refractivity contribution in [1.82, 2.24) is 0 Å². The summed E-state index contributed by atoms with van der Waals surface area (Å²) in [4.78, 5) is 8.33. The SMILES string of the molecule is CCCCCCCCCCC.O=[PH](O)Oc1ccccc1. The molecule has 0 heterocycles. The number of hydrogen-bond donors (Lipinski definition) is 1. The normalized spacial score (nSPS) is 11.4. The zero-order chi connectivity index (χ0) is 15.8. The third kappa shape index (κ3) is 15.4. The van der Waals surface area contributed by atoms with Crippen molar-refractivity contribution in [3.05, 3.63) is 30.3 Å². The third-order valence-electron chi connectivity index (χ3n) is 3.16. The molecule has 0 spiro atoms. The highest BCUT2D eigenvalue weighted by Gasteiger charge is 1.92. The van der Waals surface area contributed by atoms with Gasteiger partial charge in [0.2, 0.25) is 0 Å². The first-order chi connectivity index (χ1) is 10.2. The molecule has 1 aromatic rings. The molecule has 1 unspecified atom stereocenters. The Morgan fingerprint density at radius 2 is 1.29 bits per heavy atom. The molecule has 4 heteroatoms. The van der Waals surface area contributed by atoms with E-state index >= 15 is 0 Å². The van der Waals surface area contributed by atoms with Crippen LogP contribution in [0.5, 0.6) is 5.75 Å². The standard InChI is InChI=1S/C11H24.C6H7O3P/c1-3-5-7-9-11-10-8-6-4-2;7-10(8)9-6-4-2-1-3-5-6/h3-11H2,1-2H3;1-5,10H,(H,7,8). The Morgan fingerprint density at radius 3 is 1.67 bits per heavy atom. The van der Waals surface area contributed by atoms with Crippen molar-refractivity contribution in [1.29, 1.82) is 0 Å². The molecule has 1 aromatic carbocycles. The average Bonchev–Trinajstić information content (AvgIpc) is 2.47. The maximum Gasteiger partial charge on any atom is 0.365 e. The topological polar surface area (TPSA) is 46.5 Å². The van der Waals surface area contributed by atoms with Crippen LogP contribution in [0.2, 0.25) is 0 Å². The van der Waals surface area contributed by atoms with Crippen LogP contribution in [0.1, 0.15) is 71.6 Å². The second kappa shape index (κ2) is 15.6. The molecule has 0 aliphatic heterocycles. The van der Waals surface area contributed by atoms with Gasteiger partial charge in [0, 0.05) is 0 Å². The molecule has 1 rings (SSSR count). The average molecular weight is 314 g/mol. The number of para-hydroxylation sites is 1. The zero-order valence-electron chi connectivity index (χ0n) is 13.5. The van der Waals surface area contributed by atoms with Gasteiger partial charge in [0.25, 0.3) is 0 Å². The van der Waals surface area contributed by atoms with Crippen LogP contribution >= 0.6 is 8.25 Å². The quantitative estimate of drug-likeness (QED) is 0.426. The van der Waals surface area contributed by atoms with E-state index in [0.29, 0.717) is 5.75 Å². The monoisotopic (exact) mass is 314 g/mol. The lowest BCUT2D eigenvalue weighted by molar-refractivity contribution is 0.410. The van der Waals surface area contributed by atoms with Gasteiger partial charge in [0.15, 0.2) is 0 Å². The fourth-order valence-electron chi connectivity index (χ4n) is 1.97. The first-order valence-electron chi connectivity index (χ1n) is 8.16. The van der Waals surface area contributed by atoms with Gasteiger partial charge in [0.05, 0.1) is 0 Å². The predicted molar refractivity (Wildman–Crippen MR) is 91.2 cm³/mol. The number of rotatable bonds is 10. The van der Waals surface area contributed by atoms with Gasteiger partial charge in [-0.2, -0.15) is 0 Å². The van der Waals surface area contributed by atoms with Crippen molar-refractivity contribution >= 4 is 8.25 Å². The van der Waals surface area contributed by atoms with Crippen molar-refractivity contribution in [3.63, 3.8) is 0 Å². The molecule has 0 radical (unpaired) electrons. The van der Waals surface area contributed by atoms with E-state index in [4.69, 9.17) is 4.89 Å². The molecule has 122 valence electrons. The van der Waals surface area contributed by atoms with E-state index in [1.54, 1.807) is 30.3 Å². The fourth-order valence-corrected chi connectivity index (χ4v) is 2.31. The molecule has 21 heavy (non-hydrogen) atoms. The van der Waals surface area contributed by atoms with Gasteiger partial charge in [-0.05, 0) is 12.1 Å². The van der Waals surface area contributed by atoms with Crippen molar-refractivity contribution in [2.45, 2.75) is 71.6 Å². The molecule has 0 saturated carbocycles. The summed E-state index contributed by atoms with van der Waals surface area (Å²) >= 11 is 0. The second-order valence-electron chi connectivity index (χ2n) is 5.16. The van der Waals surface area contributed by atoms with E-state index in [1.165, 1.54) is 57.8 Å². The van der Waals surface area contributed by atoms with E-state index in [2.05, 4.69) is 18.4 Å². The van der Waals surface area contributed by atoms with Crippen LogP contribution in [0.15, 0.2) is 30.3 Å². The van der Waals surface area contributed by atoms with E-state index in [1.807, 2.05) is 0 Å². The minimum Gasteiger partial charge on any atom is -0.426 e. The minimum atomic E-state index is -2.84. The van der Waals surface area contributed by atoms with Crippen LogP contribution in [0.4, 0.5) is 0 Å². The fraction of sp³-hybridized carbons (Fsp3) is 0.647. The summed E-state index contributed by atoms with van der Waals surface area (Å²) in [5.74, 6) is 0.425. The molecule has 3 nitrogen and oxygen atoms in total. The summed E-state index contributed by atoms with van der Waals surface area (Å²) in [6.45, 7) is 4.55. The molecule has 0 aromatic heterocycles. The highest BCUT2D eigenvalue weighted by Crippen LogP contribution is 2.21. The van der Waals surface area contributed by atoms with Gasteiger partial charge in [-0.3, -0.25) is 0 Å². The Kier molecular flexibility index (Phi) is 15.0. The first kappa shape index (κ1) is 20.2.